The molecule has 1 aliphatic heterocycles. The molecule has 1 rings (SSSR count). The molecule has 1 aliphatic rings. The molecular formula is C13H21F3N2O2. The summed E-state index contributed by atoms with van der Waals surface area (Å²) in [5.74, 6) is -0.791. The van der Waals surface area contributed by atoms with Crippen LogP contribution in [0.2, 0.25) is 0 Å². The second kappa shape index (κ2) is 6.01. The van der Waals surface area contributed by atoms with Gasteiger partial charge in [-0.2, -0.15) is 13.2 Å². The highest BCUT2D eigenvalue weighted by Gasteiger charge is 2.47. The lowest BCUT2D eigenvalue weighted by molar-refractivity contribution is -0.162. The van der Waals surface area contributed by atoms with Crippen molar-refractivity contribution in [1.29, 1.82) is 0 Å². The van der Waals surface area contributed by atoms with E-state index < -0.39 is 36.6 Å². The molecular weight excluding hydrogens is 273 g/mol. The van der Waals surface area contributed by atoms with Crippen LogP contribution in [0.25, 0.3) is 0 Å². The van der Waals surface area contributed by atoms with Gasteiger partial charge in [0.15, 0.2) is 0 Å². The van der Waals surface area contributed by atoms with Crippen LogP contribution in [0, 0.1) is 0 Å². The van der Waals surface area contributed by atoms with Crippen LogP contribution in [0.1, 0.15) is 46.5 Å². The minimum Gasteiger partial charge on any atom is -0.340 e. The molecule has 0 aromatic rings. The van der Waals surface area contributed by atoms with Crippen LogP contribution in [-0.4, -0.2) is 41.0 Å². The van der Waals surface area contributed by atoms with Crippen LogP contribution in [0.5, 0.6) is 0 Å². The summed E-state index contributed by atoms with van der Waals surface area (Å²) >= 11 is 0. The van der Waals surface area contributed by atoms with E-state index in [1.807, 2.05) is 6.92 Å². The number of hydrogen-bond donors (Lipinski definition) is 1. The second-order valence-electron chi connectivity index (χ2n) is 5.34. The fourth-order valence-corrected chi connectivity index (χ4v) is 2.31. The highest BCUT2D eigenvalue weighted by molar-refractivity contribution is 5.99. The molecule has 1 N–H and O–H groups in total. The predicted molar refractivity (Wildman–Crippen MR) is 67.9 cm³/mol. The molecule has 1 fully saturated rings. The van der Waals surface area contributed by atoms with E-state index in [9.17, 15) is 22.8 Å². The monoisotopic (exact) mass is 294 g/mol. The molecule has 2 amide bonds. The van der Waals surface area contributed by atoms with Gasteiger partial charge in [0.25, 0.3) is 0 Å². The van der Waals surface area contributed by atoms with Crippen LogP contribution < -0.4 is 5.32 Å². The van der Waals surface area contributed by atoms with E-state index >= 15 is 0 Å². The van der Waals surface area contributed by atoms with Crippen molar-refractivity contribution in [3.05, 3.63) is 0 Å². The summed E-state index contributed by atoms with van der Waals surface area (Å²) in [5, 5.41) is 2.64. The molecule has 1 heterocycles. The van der Waals surface area contributed by atoms with Gasteiger partial charge in [0.2, 0.25) is 11.8 Å². The zero-order chi connectivity index (χ0) is 15.6. The van der Waals surface area contributed by atoms with Gasteiger partial charge in [0.1, 0.15) is 11.6 Å². The molecule has 0 saturated carbocycles. The third kappa shape index (κ3) is 3.64. The number of nitrogens with zero attached hydrogens (tertiary/aromatic N) is 1. The van der Waals surface area contributed by atoms with Crippen molar-refractivity contribution >= 4 is 11.8 Å². The number of alkyl halides is 3. The zero-order valence-electron chi connectivity index (χ0n) is 12.0. The van der Waals surface area contributed by atoms with Crippen LogP contribution in [-0.2, 0) is 9.59 Å². The van der Waals surface area contributed by atoms with Crippen LogP contribution >= 0.6 is 0 Å². The maximum absolute atomic E-state index is 12.4. The number of hydrogen-bond acceptors (Lipinski definition) is 2. The molecule has 0 aromatic heterocycles. The molecule has 20 heavy (non-hydrogen) atoms. The first-order valence-electron chi connectivity index (χ1n) is 6.84. The number of halogens is 3. The lowest BCUT2D eigenvalue weighted by Crippen LogP contribution is -2.69. The number of piperazine rings is 1. The summed E-state index contributed by atoms with van der Waals surface area (Å²) < 4.78 is 37.2. The normalized spacial score (nSPS) is 27.7. The highest BCUT2D eigenvalue weighted by Crippen LogP contribution is 2.27. The van der Waals surface area contributed by atoms with E-state index in [0.29, 0.717) is 19.3 Å². The fourth-order valence-electron chi connectivity index (χ4n) is 2.31. The molecule has 0 radical (unpaired) electrons. The maximum atomic E-state index is 12.4. The van der Waals surface area contributed by atoms with Crippen molar-refractivity contribution in [1.82, 2.24) is 10.2 Å². The molecule has 7 heteroatoms. The van der Waals surface area contributed by atoms with Gasteiger partial charge in [-0.25, -0.2) is 0 Å². The molecule has 0 spiro atoms. The van der Waals surface area contributed by atoms with Gasteiger partial charge in [-0.05, 0) is 19.8 Å². The van der Waals surface area contributed by atoms with Crippen molar-refractivity contribution < 1.29 is 22.8 Å². The Morgan fingerprint density at radius 3 is 2.35 bits per heavy atom. The summed E-state index contributed by atoms with van der Waals surface area (Å²) in [7, 11) is 0. The Hall–Kier alpha value is -1.27. The third-order valence-corrected chi connectivity index (χ3v) is 3.72. The summed E-state index contributed by atoms with van der Waals surface area (Å²) in [6.45, 7) is 4.64. The summed E-state index contributed by atoms with van der Waals surface area (Å²) in [5.41, 5.74) is -1.10. The molecule has 0 aliphatic carbocycles. The Morgan fingerprint density at radius 1 is 1.30 bits per heavy atom. The smallest absolute Gasteiger partial charge is 0.340 e. The quantitative estimate of drug-likeness (QED) is 0.845. The largest absolute Gasteiger partial charge is 0.390 e. The Morgan fingerprint density at radius 2 is 1.90 bits per heavy atom. The Labute approximate surface area is 116 Å². The van der Waals surface area contributed by atoms with Crippen LogP contribution in [0.4, 0.5) is 13.2 Å². The van der Waals surface area contributed by atoms with E-state index in [-0.39, 0.29) is 5.91 Å². The molecule has 0 bridgehead atoms. The standard InChI is InChI=1S/C13H21F3N2O2/c1-4-6-9-10(19)17-12(3,5-2)11(20)18(9)8-7-13(14,15)16/h9H,4-8H2,1-3H3,(H,17,19). The van der Waals surface area contributed by atoms with E-state index in [4.69, 9.17) is 0 Å². The average molecular weight is 294 g/mol. The summed E-state index contributed by atoms with van der Waals surface area (Å²) in [6.07, 6.45) is -4.09. The van der Waals surface area contributed by atoms with Gasteiger partial charge in [-0.1, -0.05) is 20.3 Å². The maximum Gasteiger partial charge on any atom is 0.390 e. The van der Waals surface area contributed by atoms with Gasteiger partial charge in [0.05, 0.1) is 6.42 Å². The third-order valence-electron chi connectivity index (χ3n) is 3.72. The van der Waals surface area contributed by atoms with Gasteiger partial charge >= 0.3 is 6.18 Å². The topological polar surface area (TPSA) is 49.4 Å². The highest BCUT2D eigenvalue weighted by atomic mass is 19.4. The lowest BCUT2D eigenvalue weighted by Gasteiger charge is -2.44. The SMILES string of the molecule is CCCC1C(=O)NC(C)(CC)C(=O)N1CCC(F)(F)F. The second-order valence-corrected chi connectivity index (χ2v) is 5.34. The predicted octanol–water partition coefficient (Wildman–Crippen LogP) is 2.23. The molecule has 1 saturated heterocycles. The molecule has 4 nitrogen and oxygen atoms in total. The van der Waals surface area contributed by atoms with Crippen molar-refractivity contribution in [2.24, 2.45) is 0 Å². The Kier molecular flexibility index (Phi) is 5.05. The van der Waals surface area contributed by atoms with Gasteiger partial charge < -0.3 is 10.2 Å². The zero-order valence-corrected chi connectivity index (χ0v) is 12.0. The van der Waals surface area contributed by atoms with Gasteiger partial charge in [-0.15, -0.1) is 0 Å². The van der Waals surface area contributed by atoms with Crippen molar-refractivity contribution in [3.63, 3.8) is 0 Å². The van der Waals surface area contributed by atoms with E-state index in [2.05, 4.69) is 5.32 Å². The van der Waals surface area contributed by atoms with Crippen molar-refractivity contribution in [2.75, 3.05) is 6.54 Å². The fraction of sp³-hybridized carbons (Fsp3) is 0.846. The molecule has 2 unspecified atom stereocenters. The van der Waals surface area contributed by atoms with Gasteiger partial charge in [0, 0.05) is 6.54 Å². The first-order valence-corrected chi connectivity index (χ1v) is 6.84. The van der Waals surface area contributed by atoms with Crippen molar-refractivity contribution in [2.45, 2.75) is 64.2 Å². The lowest BCUT2D eigenvalue weighted by atomic mass is 9.90. The van der Waals surface area contributed by atoms with E-state index in [1.165, 1.54) is 0 Å². The number of nitrogens with one attached hydrogen (secondary N) is 1. The minimum atomic E-state index is -4.34. The molecule has 116 valence electrons. The molecule has 2 atom stereocenters. The number of rotatable bonds is 5. The first-order chi connectivity index (χ1) is 9.14. The Balaban J connectivity index is 2.96. The van der Waals surface area contributed by atoms with Crippen LogP contribution in [0.15, 0.2) is 0 Å². The van der Waals surface area contributed by atoms with E-state index in [1.54, 1.807) is 13.8 Å². The van der Waals surface area contributed by atoms with Crippen molar-refractivity contribution in [3.8, 4) is 0 Å². The number of carbonyl (C=O) groups is 2. The summed E-state index contributed by atoms with van der Waals surface area (Å²) in [6, 6.07) is -0.797. The van der Waals surface area contributed by atoms with E-state index in [0.717, 1.165) is 4.90 Å². The number of carbonyl (C=O) groups excluding carboxylic acids is 2. The number of amides is 2. The van der Waals surface area contributed by atoms with Gasteiger partial charge in [-0.3, -0.25) is 9.59 Å². The minimum absolute atomic E-state index is 0.346. The average Bonchev–Trinajstić information content (AvgIpc) is 2.34. The van der Waals surface area contributed by atoms with Crippen LogP contribution in [0.3, 0.4) is 0 Å². The Bertz CT molecular complexity index is 384. The summed E-state index contributed by atoms with van der Waals surface area (Å²) in [4.78, 5) is 25.5. The molecule has 0 aromatic carbocycles. The first kappa shape index (κ1) is 16.8.